The number of imidazole rings is 1. The zero-order valence-electron chi connectivity index (χ0n) is 5.43. The highest BCUT2D eigenvalue weighted by molar-refractivity contribution is 7.90. The fourth-order valence-corrected chi connectivity index (χ4v) is 1.40. The molecule has 0 bridgehead atoms. The molecule has 7 heteroatoms. The third-order valence-electron chi connectivity index (χ3n) is 0.949. The minimum atomic E-state index is -3.34. The van der Waals surface area contributed by atoms with Gasteiger partial charge in [0.2, 0.25) is 15.0 Å². The molecule has 1 aromatic rings. The number of aromatic amines is 1. The maximum Gasteiger partial charge on any atom is 0.227 e. The van der Waals surface area contributed by atoms with Crippen molar-refractivity contribution >= 4 is 33.0 Å². The van der Waals surface area contributed by atoms with E-state index in [1.165, 1.54) is 0 Å². The lowest BCUT2D eigenvalue weighted by atomic mass is 10.9. The highest BCUT2D eigenvalue weighted by Crippen LogP contribution is 2.19. The molecule has 62 valence electrons. The summed E-state index contributed by atoms with van der Waals surface area (Å²) in [7, 11) is -3.34. The predicted octanol–water partition coefficient (Wildman–Crippen LogP) is 1.12. The Morgan fingerprint density at radius 1 is 1.45 bits per heavy atom. The predicted molar refractivity (Wildman–Crippen MR) is 41.7 cm³/mol. The van der Waals surface area contributed by atoms with E-state index in [2.05, 4.69) is 9.97 Å². The van der Waals surface area contributed by atoms with Crippen LogP contribution in [-0.2, 0) is 9.84 Å². The third kappa shape index (κ3) is 1.85. The van der Waals surface area contributed by atoms with Crippen molar-refractivity contribution in [3.05, 3.63) is 10.3 Å². The van der Waals surface area contributed by atoms with Gasteiger partial charge in [0.15, 0.2) is 5.15 Å². The fraction of sp³-hybridized carbons (Fsp3) is 0.250. The molecule has 0 aliphatic carbocycles. The second-order valence-electron chi connectivity index (χ2n) is 1.92. The molecule has 0 saturated carbocycles. The van der Waals surface area contributed by atoms with Crippen LogP contribution in [0.4, 0.5) is 0 Å². The molecule has 0 aliphatic rings. The summed E-state index contributed by atoms with van der Waals surface area (Å²) in [6.07, 6.45) is 1.01. The van der Waals surface area contributed by atoms with E-state index in [1.54, 1.807) is 0 Å². The van der Waals surface area contributed by atoms with Gasteiger partial charge in [0.1, 0.15) is 5.15 Å². The topological polar surface area (TPSA) is 62.8 Å². The van der Waals surface area contributed by atoms with Gasteiger partial charge in [-0.3, -0.25) is 0 Å². The van der Waals surface area contributed by atoms with Crippen LogP contribution in [0.3, 0.4) is 0 Å². The molecule has 1 rings (SSSR count). The number of hydrogen-bond donors (Lipinski definition) is 1. The Morgan fingerprint density at radius 3 is 2.18 bits per heavy atom. The summed E-state index contributed by atoms with van der Waals surface area (Å²) in [5, 5.41) is -0.216. The first-order valence-electron chi connectivity index (χ1n) is 2.52. The largest absolute Gasteiger partial charge is 0.319 e. The van der Waals surface area contributed by atoms with Gasteiger partial charge in [0.05, 0.1) is 0 Å². The zero-order valence-corrected chi connectivity index (χ0v) is 7.76. The quantitative estimate of drug-likeness (QED) is 0.763. The first-order valence-corrected chi connectivity index (χ1v) is 5.17. The second kappa shape index (κ2) is 2.66. The third-order valence-corrected chi connectivity index (χ3v) is 2.49. The molecule has 1 aromatic heterocycles. The Labute approximate surface area is 73.5 Å². The summed E-state index contributed by atoms with van der Waals surface area (Å²) in [6.45, 7) is 0. The van der Waals surface area contributed by atoms with Crippen molar-refractivity contribution in [1.82, 2.24) is 9.97 Å². The Hall–Kier alpha value is -0.260. The van der Waals surface area contributed by atoms with E-state index >= 15 is 0 Å². The van der Waals surface area contributed by atoms with Crippen molar-refractivity contribution in [1.29, 1.82) is 0 Å². The maximum absolute atomic E-state index is 10.8. The Kier molecular flexibility index (Phi) is 2.13. The number of nitrogens with one attached hydrogen (secondary N) is 1. The number of sulfone groups is 1. The number of nitrogens with zero attached hydrogens (tertiary/aromatic N) is 1. The van der Waals surface area contributed by atoms with Crippen LogP contribution in [-0.4, -0.2) is 24.6 Å². The first-order chi connectivity index (χ1) is 4.91. The standard InChI is InChI=1S/C4H4Cl2N2O2S/c1-11(9,10)4-7-2(5)3(6)8-4/h1H3,(H,7,8). The molecule has 0 atom stereocenters. The lowest BCUT2D eigenvalue weighted by Crippen LogP contribution is -1.98. The van der Waals surface area contributed by atoms with Crippen LogP contribution < -0.4 is 0 Å². The van der Waals surface area contributed by atoms with Gasteiger partial charge in [0, 0.05) is 6.26 Å². The molecule has 1 heterocycles. The Morgan fingerprint density at radius 2 is 2.00 bits per heavy atom. The van der Waals surface area contributed by atoms with Crippen LogP contribution in [0.15, 0.2) is 5.16 Å². The molecule has 0 spiro atoms. The van der Waals surface area contributed by atoms with E-state index in [1.807, 2.05) is 0 Å². The molecular formula is C4H4Cl2N2O2S. The summed E-state index contributed by atoms with van der Waals surface area (Å²) >= 11 is 10.8. The summed E-state index contributed by atoms with van der Waals surface area (Å²) in [5.41, 5.74) is 0. The van der Waals surface area contributed by atoms with Gasteiger partial charge in [-0.1, -0.05) is 23.2 Å². The molecular weight excluding hydrogens is 211 g/mol. The number of hydrogen-bond acceptors (Lipinski definition) is 3. The highest BCUT2D eigenvalue weighted by Gasteiger charge is 2.14. The molecule has 1 N–H and O–H groups in total. The average Bonchev–Trinajstić information content (AvgIpc) is 2.11. The summed E-state index contributed by atoms with van der Waals surface area (Å²) < 4.78 is 21.6. The van der Waals surface area contributed by atoms with E-state index in [9.17, 15) is 8.42 Å². The average molecular weight is 215 g/mol. The van der Waals surface area contributed by atoms with Crippen LogP contribution in [0.25, 0.3) is 0 Å². The molecule has 0 saturated heterocycles. The molecule has 0 unspecified atom stereocenters. The van der Waals surface area contributed by atoms with E-state index in [4.69, 9.17) is 23.2 Å². The van der Waals surface area contributed by atoms with Crippen LogP contribution in [0, 0.1) is 0 Å². The van der Waals surface area contributed by atoms with Gasteiger partial charge in [-0.05, 0) is 0 Å². The van der Waals surface area contributed by atoms with Gasteiger partial charge in [0.25, 0.3) is 0 Å². The van der Waals surface area contributed by atoms with E-state index in [0.29, 0.717) is 0 Å². The lowest BCUT2D eigenvalue weighted by molar-refractivity contribution is 0.595. The van der Waals surface area contributed by atoms with Crippen molar-refractivity contribution in [2.75, 3.05) is 6.26 Å². The zero-order chi connectivity index (χ0) is 8.65. The summed E-state index contributed by atoms with van der Waals surface area (Å²) in [5.74, 6) is 0. The molecule has 0 radical (unpaired) electrons. The van der Waals surface area contributed by atoms with Crippen molar-refractivity contribution in [2.45, 2.75) is 5.16 Å². The van der Waals surface area contributed by atoms with Crippen LogP contribution in [0.5, 0.6) is 0 Å². The minimum Gasteiger partial charge on any atom is -0.319 e. The van der Waals surface area contributed by atoms with Gasteiger partial charge >= 0.3 is 0 Å². The van der Waals surface area contributed by atoms with Gasteiger partial charge < -0.3 is 4.98 Å². The monoisotopic (exact) mass is 214 g/mol. The minimum absolute atomic E-state index is 0.0343. The molecule has 4 nitrogen and oxygen atoms in total. The molecule has 0 fully saturated rings. The summed E-state index contributed by atoms with van der Waals surface area (Å²) in [6, 6.07) is 0. The lowest BCUT2D eigenvalue weighted by Gasteiger charge is -1.86. The smallest absolute Gasteiger partial charge is 0.227 e. The SMILES string of the molecule is CS(=O)(=O)c1nc(Cl)c(Cl)[nH]1. The van der Waals surface area contributed by atoms with Gasteiger partial charge in [-0.25, -0.2) is 13.4 Å². The van der Waals surface area contributed by atoms with Gasteiger partial charge in [-0.15, -0.1) is 0 Å². The van der Waals surface area contributed by atoms with Crippen molar-refractivity contribution < 1.29 is 8.42 Å². The normalized spacial score (nSPS) is 11.9. The Bertz CT molecular complexity index is 350. The van der Waals surface area contributed by atoms with E-state index < -0.39 is 9.84 Å². The number of aromatic nitrogens is 2. The number of halogens is 2. The van der Waals surface area contributed by atoms with Crippen LogP contribution in [0.1, 0.15) is 0 Å². The maximum atomic E-state index is 10.8. The van der Waals surface area contributed by atoms with Crippen molar-refractivity contribution in [2.24, 2.45) is 0 Å². The van der Waals surface area contributed by atoms with Crippen LogP contribution >= 0.6 is 23.2 Å². The van der Waals surface area contributed by atoms with Crippen molar-refractivity contribution in [3.63, 3.8) is 0 Å². The van der Waals surface area contributed by atoms with Gasteiger partial charge in [-0.2, -0.15) is 0 Å². The van der Waals surface area contributed by atoms with E-state index in [0.717, 1.165) is 6.26 Å². The van der Waals surface area contributed by atoms with E-state index in [-0.39, 0.29) is 15.5 Å². The second-order valence-corrected chi connectivity index (χ2v) is 4.59. The number of rotatable bonds is 1. The Balaban J connectivity index is 3.29. The fourth-order valence-electron chi connectivity index (χ4n) is 0.487. The molecule has 11 heavy (non-hydrogen) atoms. The molecule has 0 amide bonds. The number of H-pyrrole nitrogens is 1. The van der Waals surface area contributed by atoms with Crippen LogP contribution in [0.2, 0.25) is 10.3 Å². The highest BCUT2D eigenvalue weighted by atomic mass is 35.5. The first kappa shape index (κ1) is 8.83. The molecule has 0 aliphatic heterocycles. The summed E-state index contributed by atoms with van der Waals surface area (Å²) in [4.78, 5) is 5.79. The molecule has 0 aromatic carbocycles. The van der Waals surface area contributed by atoms with Crippen molar-refractivity contribution in [3.8, 4) is 0 Å².